The second kappa shape index (κ2) is 8.14. The number of nitrogens with zero attached hydrogens (tertiary/aromatic N) is 1. The third kappa shape index (κ3) is 4.71. The van der Waals surface area contributed by atoms with E-state index < -0.39 is 0 Å². The normalized spacial score (nSPS) is 23.9. The molecule has 0 aromatic carbocycles. The summed E-state index contributed by atoms with van der Waals surface area (Å²) in [5.74, 6) is 0.813. The van der Waals surface area contributed by atoms with Gasteiger partial charge in [0, 0.05) is 31.1 Å². The summed E-state index contributed by atoms with van der Waals surface area (Å²) < 4.78 is 5.59. The lowest BCUT2D eigenvalue weighted by molar-refractivity contribution is -0.000111. The minimum absolute atomic E-state index is 0.456. The average molecular weight is 346 g/mol. The molecule has 0 spiro atoms. The monoisotopic (exact) mass is 345 g/mol. The number of hydrogen-bond donors (Lipinski definition) is 0. The molecule has 0 aromatic rings. The molecule has 0 unspecified atom stereocenters. The van der Waals surface area contributed by atoms with E-state index in [9.17, 15) is 0 Å². The Balaban J connectivity index is 1.96. The Kier molecular flexibility index (Phi) is 6.83. The van der Waals surface area contributed by atoms with Crippen LogP contribution >= 0.6 is 15.9 Å². The van der Waals surface area contributed by atoms with E-state index in [1.165, 1.54) is 58.0 Å². The lowest BCUT2D eigenvalue weighted by atomic mass is 9.81. The minimum atomic E-state index is 0.456. The molecule has 2 aliphatic rings. The smallest absolute Gasteiger partial charge is 0.0472 e. The molecule has 0 N–H and O–H groups in total. The summed E-state index contributed by atoms with van der Waals surface area (Å²) in [4.78, 5) is 2.83. The Hall–Kier alpha value is 0.400. The molecule has 0 bridgehead atoms. The van der Waals surface area contributed by atoms with Crippen molar-refractivity contribution in [3.8, 4) is 0 Å². The zero-order valence-electron chi connectivity index (χ0n) is 13.4. The molecule has 1 saturated carbocycles. The first-order chi connectivity index (χ1) is 9.65. The summed E-state index contributed by atoms with van der Waals surface area (Å²) in [6, 6.07) is 0.854. The van der Waals surface area contributed by atoms with E-state index in [0.29, 0.717) is 5.41 Å². The van der Waals surface area contributed by atoms with E-state index in [1.807, 2.05) is 0 Å². The highest BCUT2D eigenvalue weighted by Gasteiger charge is 2.35. The Morgan fingerprint density at radius 3 is 2.40 bits per heavy atom. The maximum Gasteiger partial charge on any atom is 0.0472 e. The van der Waals surface area contributed by atoms with Crippen LogP contribution in [0.1, 0.15) is 58.8 Å². The van der Waals surface area contributed by atoms with Crippen LogP contribution in [0.15, 0.2) is 0 Å². The van der Waals surface area contributed by atoms with Gasteiger partial charge in [0.05, 0.1) is 0 Å². The van der Waals surface area contributed by atoms with Crippen molar-refractivity contribution in [2.24, 2.45) is 11.3 Å². The van der Waals surface area contributed by atoms with E-state index in [-0.39, 0.29) is 0 Å². The van der Waals surface area contributed by atoms with Gasteiger partial charge in [0.25, 0.3) is 0 Å². The van der Waals surface area contributed by atoms with Crippen LogP contribution in [0.2, 0.25) is 0 Å². The first-order valence-electron chi connectivity index (χ1n) is 8.53. The lowest BCUT2D eigenvalue weighted by Gasteiger charge is -2.42. The van der Waals surface area contributed by atoms with Gasteiger partial charge in [-0.15, -0.1) is 0 Å². The highest BCUT2D eigenvalue weighted by Crippen LogP contribution is 2.36. The summed E-state index contributed by atoms with van der Waals surface area (Å²) in [6.07, 6.45) is 9.51. The molecule has 2 rings (SSSR count). The highest BCUT2D eigenvalue weighted by molar-refractivity contribution is 9.09. The van der Waals surface area contributed by atoms with Crippen LogP contribution in [0, 0.1) is 11.3 Å². The third-order valence-electron chi connectivity index (χ3n) is 5.21. The van der Waals surface area contributed by atoms with Crippen molar-refractivity contribution in [3.05, 3.63) is 0 Å². The van der Waals surface area contributed by atoms with E-state index in [0.717, 1.165) is 30.5 Å². The molecule has 20 heavy (non-hydrogen) atoms. The van der Waals surface area contributed by atoms with Gasteiger partial charge < -0.3 is 4.74 Å². The van der Waals surface area contributed by atoms with E-state index in [1.54, 1.807) is 0 Å². The predicted molar refractivity (Wildman–Crippen MR) is 89.6 cm³/mol. The van der Waals surface area contributed by atoms with Crippen molar-refractivity contribution >= 4 is 15.9 Å². The first kappa shape index (κ1) is 16.8. The van der Waals surface area contributed by atoms with Crippen LogP contribution in [-0.2, 0) is 4.74 Å². The summed E-state index contributed by atoms with van der Waals surface area (Å²) in [7, 11) is 0. The number of halogens is 1. The van der Waals surface area contributed by atoms with Gasteiger partial charge in [-0.05, 0) is 50.0 Å². The predicted octanol–water partition coefficient (Wildman–Crippen LogP) is 4.47. The highest BCUT2D eigenvalue weighted by atomic mass is 79.9. The van der Waals surface area contributed by atoms with Gasteiger partial charge in [-0.3, -0.25) is 4.90 Å². The molecule has 1 heterocycles. The minimum Gasteiger partial charge on any atom is -0.381 e. The molecule has 1 aliphatic carbocycles. The summed E-state index contributed by atoms with van der Waals surface area (Å²) >= 11 is 3.80. The van der Waals surface area contributed by atoms with Gasteiger partial charge in [0.2, 0.25) is 0 Å². The summed E-state index contributed by atoms with van der Waals surface area (Å²) in [6.45, 7) is 9.17. The second-order valence-electron chi connectivity index (χ2n) is 7.34. The Morgan fingerprint density at radius 1 is 1.20 bits per heavy atom. The largest absolute Gasteiger partial charge is 0.381 e. The quantitative estimate of drug-likeness (QED) is 0.631. The van der Waals surface area contributed by atoms with Crippen molar-refractivity contribution < 1.29 is 4.74 Å². The third-order valence-corrected chi connectivity index (χ3v) is 6.40. The first-order valence-corrected chi connectivity index (χ1v) is 9.65. The molecule has 0 radical (unpaired) electrons. The number of alkyl halides is 1. The van der Waals surface area contributed by atoms with Crippen LogP contribution in [-0.4, -0.2) is 42.6 Å². The summed E-state index contributed by atoms with van der Waals surface area (Å²) in [5.41, 5.74) is 0.456. The molecule has 1 saturated heterocycles. The van der Waals surface area contributed by atoms with Gasteiger partial charge in [-0.25, -0.2) is 0 Å². The zero-order valence-corrected chi connectivity index (χ0v) is 15.0. The van der Waals surface area contributed by atoms with Crippen LogP contribution < -0.4 is 0 Å². The number of hydrogen-bond acceptors (Lipinski definition) is 2. The van der Waals surface area contributed by atoms with Gasteiger partial charge in [0.15, 0.2) is 0 Å². The van der Waals surface area contributed by atoms with Gasteiger partial charge in [0.1, 0.15) is 0 Å². The standard InChI is InChI=1S/C17H32BrNO/c1-15(2)7-10-19(16-5-3-4-6-16)14-17(13-18)8-11-20-12-9-17/h15-16H,3-14H2,1-2H3. The van der Waals surface area contributed by atoms with Gasteiger partial charge >= 0.3 is 0 Å². The molecular weight excluding hydrogens is 314 g/mol. The van der Waals surface area contributed by atoms with Crippen LogP contribution in [0.4, 0.5) is 0 Å². The average Bonchev–Trinajstić information content (AvgIpc) is 2.98. The Morgan fingerprint density at radius 2 is 1.85 bits per heavy atom. The summed E-state index contributed by atoms with van der Waals surface area (Å²) in [5, 5.41) is 1.13. The fourth-order valence-corrected chi connectivity index (χ4v) is 4.39. The fourth-order valence-electron chi connectivity index (χ4n) is 3.65. The van der Waals surface area contributed by atoms with Gasteiger partial charge in [-0.2, -0.15) is 0 Å². The molecule has 118 valence electrons. The SMILES string of the molecule is CC(C)CCN(CC1(CBr)CCOCC1)C1CCCC1. The van der Waals surface area contributed by atoms with Crippen molar-refractivity contribution in [1.29, 1.82) is 0 Å². The van der Waals surface area contributed by atoms with E-state index in [4.69, 9.17) is 4.74 Å². The molecule has 3 heteroatoms. The molecule has 2 fully saturated rings. The molecule has 0 amide bonds. The van der Waals surface area contributed by atoms with Gasteiger partial charge in [-0.1, -0.05) is 42.6 Å². The Labute approximate surface area is 133 Å². The van der Waals surface area contributed by atoms with E-state index in [2.05, 4.69) is 34.7 Å². The molecular formula is C17H32BrNO. The Bertz CT molecular complexity index is 270. The number of rotatable bonds is 7. The van der Waals surface area contributed by atoms with Crippen molar-refractivity contribution in [3.63, 3.8) is 0 Å². The molecule has 1 aliphatic heterocycles. The molecule has 0 aromatic heterocycles. The van der Waals surface area contributed by atoms with E-state index >= 15 is 0 Å². The zero-order chi connectivity index (χ0) is 14.4. The molecule has 0 atom stereocenters. The van der Waals surface area contributed by atoms with Crippen molar-refractivity contribution in [1.82, 2.24) is 4.90 Å². The maximum absolute atomic E-state index is 5.59. The second-order valence-corrected chi connectivity index (χ2v) is 7.90. The van der Waals surface area contributed by atoms with Crippen LogP contribution in [0.3, 0.4) is 0 Å². The number of ether oxygens (including phenoxy) is 1. The van der Waals surface area contributed by atoms with Crippen LogP contribution in [0.5, 0.6) is 0 Å². The maximum atomic E-state index is 5.59. The molecule has 2 nitrogen and oxygen atoms in total. The fraction of sp³-hybridized carbons (Fsp3) is 1.00. The van der Waals surface area contributed by atoms with Crippen molar-refractivity contribution in [2.45, 2.75) is 64.8 Å². The lowest BCUT2D eigenvalue weighted by Crippen LogP contribution is -2.46. The topological polar surface area (TPSA) is 12.5 Å². The van der Waals surface area contributed by atoms with Crippen LogP contribution in [0.25, 0.3) is 0 Å². The van der Waals surface area contributed by atoms with Crippen molar-refractivity contribution in [2.75, 3.05) is 31.6 Å².